The van der Waals surface area contributed by atoms with Crippen LogP contribution in [0.5, 0.6) is 0 Å². The highest BCUT2D eigenvalue weighted by Gasteiger charge is 2.44. The van der Waals surface area contributed by atoms with Crippen molar-refractivity contribution in [3.05, 3.63) is 82.1 Å². The number of benzene rings is 2. The number of carbonyl (C=O) groups excluding carboxylic acids is 2. The van der Waals surface area contributed by atoms with Crippen LogP contribution in [0.2, 0.25) is 0 Å². The quantitative estimate of drug-likeness (QED) is 0.432. The molecule has 0 fully saturated rings. The summed E-state index contributed by atoms with van der Waals surface area (Å²) in [5, 5.41) is 11.6. The Bertz CT molecular complexity index is 1230. The van der Waals surface area contributed by atoms with Gasteiger partial charge in [0, 0.05) is 31.9 Å². The Morgan fingerprint density at radius 1 is 1.12 bits per heavy atom. The molecule has 0 bridgehead atoms. The molecule has 1 atom stereocenters. The van der Waals surface area contributed by atoms with Gasteiger partial charge in [-0.1, -0.05) is 55.8 Å². The zero-order chi connectivity index (χ0) is 24.4. The number of thiazole rings is 1. The number of aliphatic hydroxyl groups is 1. The molecule has 7 heteroatoms. The standard InChI is InChI=1S/C27H29N3O3S/c1-5-6-16-30-22(18-12-14-20(15-13-18)29(3)4)21(24(32)27(30)33)23(31)25-17(2)28-26(34-25)19-10-8-7-9-11-19/h7-15,22,32H,5-6,16H2,1-4H3. The topological polar surface area (TPSA) is 73.7 Å². The van der Waals surface area contributed by atoms with E-state index in [1.54, 1.807) is 11.8 Å². The van der Waals surface area contributed by atoms with Gasteiger partial charge in [-0.05, 0) is 31.0 Å². The number of nitrogens with zero attached hydrogens (tertiary/aromatic N) is 3. The van der Waals surface area contributed by atoms with Crippen LogP contribution in [0, 0.1) is 6.92 Å². The Morgan fingerprint density at radius 2 is 1.79 bits per heavy atom. The van der Waals surface area contributed by atoms with Crippen molar-refractivity contribution in [2.24, 2.45) is 0 Å². The average Bonchev–Trinajstić information content (AvgIpc) is 3.35. The van der Waals surface area contributed by atoms with E-state index in [2.05, 4.69) is 4.98 Å². The third kappa shape index (κ3) is 4.35. The van der Waals surface area contributed by atoms with Crippen molar-refractivity contribution in [1.82, 2.24) is 9.88 Å². The number of ketones is 1. The predicted molar refractivity (Wildman–Crippen MR) is 136 cm³/mol. The summed E-state index contributed by atoms with van der Waals surface area (Å²) in [5.41, 5.74) is 3.46. The van der Waals surface area contributed by atoms with Gasteiger partial charge in [-0.15, -0.1) is 11.3 Å². The maximum absolute atomic E-state index is 13.8. The summed E-state index contributed by atoms with van der Waals surface area (Å²) in [6.07, 6.45) is 1.68. The highest BCUT2D eigenvalue weighted by atomic mass is 32.1. The fraction of sp³-hybridized carbons (Fsp3) is 0.296. The Hall–Kier alpha value is -3.45. The van der Waals surface area contributed by atoms with E-state index in [1.807, 2.05) is 80.5 Å². The van der Waals surface area contributed by atoms with E-state index in [0.717, 1.165) is 34.7 Å². The minimum Gasteiger partial charge on any atom is -0.503 e. The van der Waals surface area contributed by atoms with Crippen molar-refractivity contribution in [2.45, 2.75) is 32.7 Å². The normalized spacial score (nSPS) is 15.8. The van der Waals surface area contributed by atoms with Crippen LogP contribution in [0.1, 0.15) is 46.7 Å². The molecule has 34 heavy (non-hydrogen) atoms. The van der Waals surface area contributed by atoms with Gasteiger partial charge in [0.2, 0.25) is 5.78 Å². The second-order valence-corrected chi connectivity index (χ2v) is 9.63. The van der Waals surface area contributed by atoms with Gasteiger partial charge in [0.25, 0.3) is 5.91 Å². The molecule has 0 saturated heterocycles. The summed E-state index contributed by atoms with van der Waals surface area (Å²) in [5.74, 6) is -1.30. The van der Waals surface area contributed by atoms with Gasteiger partial charge in [0.15, 0.2) is 5.76 Å². The number of aromatic nitrogens is 1. The number of hydrogen-bond donors (Lipinski definition) is 1. The smallest absolute Gasteiger partial charge is 0.290 e. The Morgan fingerprint density at radius 3 is 2.41 bits per heavy atom. The number of rotatable bonds is 8. The summed E-state index contributed by atoms with van der Waals surface area (Å²) in [4.78, 5) is 35.5. The van der Waals surface area contributed by atoms with E-state index in [0.29, 0.717) is 17.1 Å². The minimum atomic E-state index is -0.635. The summed E-state index contributed by atoms with van der Waals surface area (Å²) in [7, 11) is 3.92. The van der Waals surface area contributed by atoms with Crippen LogP contribution in [0.4, 0.5) is 5.69 Å². The van der Waals surface area contributed by atoms with Gasteiger partial charge >= 0.3 is 0 Å². The lowest BCUT2D eigenvalue weighted by atomic mass is 9.94. The van der Waals surface area contributed by atoms with Crippen LogP contribution in [0.3, 0.4) is 0 Å². The molecule has 2 heterocycles. The lowest BCUT2D eigenvalue weighted by Gasteiger charge is -2.27. The molecule has 0 spiro atoms. The minimum absolute atomic E-state index is 0.130. The second kappa shape index (κ2) is 9.81. The molecule has 0 aliphatic carbocycles. The van der Waals surface area contributed by atoms with Crippen LogP contribution >= 0.6 is 11.3 Å². The van der Waals surface area contributed by atoms with Crippen molar-refractivity contribution >= 4 is 28.7 Å². The molecule has 0 radical (unpaired) electrons. The molecule has 3 aromatic rings. The first kappa shape index (κ1) is 23.7. The average molecular weight is 476 g/mol. The highest BCUT2D eigenvalue weighted by molar-refractivity contribution is 7.17. The first-order chi connectivity index (χ1) is 16.3. The molecular weight excluding hydrogens is 446 g/mol. The van der Waals surface area contributed by atoms with E-state index in [-0.39, 0.29) is 11.4 Å². The SMILES string of the molecule is CCCCN1C(=O)C(O)=C(C(=O)c2sc(-c3ccccc3)nc2C)C1c1ccc(N(C)C)cc1. The fourth-order valence-corrected chi connectivity index (χ4v) is 5.21. The zero-order valence-electron chi connectivity index (χ0n) is 19.9. The van der Waals surface area contributed by atoms with E-state index in [1.165, 1.54) is 11.3 Å². The van der Waals surface area contributed by atoms with Gasteiger partial charge in [0.1, 0.15) is 5.01 Å². The van der Waals surface area contributed by atoms with Crippen LogP contribution < -0.4 is 4.90 Å². The molecular formula is C27H29N3O3S. The first-order valence-electron chi connectivity index (χ1n) is 11.4. The number of carbonyl (C=O) groups is 2. The number of Topliss-reactive ketones (excluding diaryl/α,β-unsaturated/α-hetero) is 1. The zero-order valence-corrected chi connectivity index (χ0v) is 20.7. The van der Waals surface area contributed by atoms with Gasteiger partial charge in [0.05, 0.1) is 22.2 Å². The monoisotopic (exact) mass is 475 g/mol. The molecule has 1 aliphatic heterocycles. The summed E-state index contributed by atoms with van der Waals surface area (Å²) >= 11 is 1.29. The summed E-state index contributed by atoms with van der Waals surface area (Å²) in [6.45, 7) is 4.31. The van der Waals surface area contributed by atoms with Crippen molar-refractivity contribution in [1.29, 1.82) is 0 Å². The molecule has 1 N–H and O–H groups in total. The van der Waals surface area contributed by atoms with Crippen molar-refractivity contribution in [3.63, 3.8) is 0 Å². The molecule has 1 amide bonds. The third-order valence-electron chi connectivity index (χ3n) is 6.05. The largest absolute Gasteiger partial charge is 0.503 e. The van der Waals surface area contributed by atoms with Gasteiger partial charge in [-0.3, -0.25) is 9.59 Å². The van der Waals surface area contributed by atoms with Crippen molar-refractivity contribution in [3.8, 4) is 10.6 Å². The number of anilines is 1. The number of amides is 1. The van der Waals surface area contributed by atoms with Crippen LogP contribution in [-0.2, 0) is 4.79 Å². The number of aryl methyl sites for hydroxylation is 1. The number of unbranched alkanes of at least 4 members (excludes halogenated alkanes) is 1. The first-order valence-corrected chi connectivity index (χ1v) is 12.2. The Labute approximate surface area is 204 Å². The summed E-state index contributed by atoms with van der Waals surface area (Å²) < 4.78 is 0. The van der Waals surface area contributed by atoms with E-state index in [4.69, 9.17) is 0 Å². The molecule has 1 unspecified atom stereocenters. The van der Waals surface area contributed by atoms with E-state index >= 15 is 0 Å². The molecule has 6 nitrogen and oxygen atoms in total. The van der Waals surface area contributed by atoms with Crippen molar-refractivity contribution in [2.75, 3.05) is 25.5 Å². The maximum Gasteiger partial charge on any atom is 0.290 e. The van der Waals surface area contributed by atoms with Crippen molar-refractivity contribution < 1.29 is 14.7 Å². The molecule has 1 aromatic heterocycles. The Balaban J connectivity index is 1.77. The van der Waals surface area contributed by atoms with Crippen LogP contribution in [0.15, 0.2) is 65.9 Å². The summed E-state index contributed by atoms with van der Waals surface area (Å²) in [6, 6.07) is 16.8. The van der Waals surface area contributed by atoms with Gasteiger partial charge < -0.3 is 14.9 Å². The second-order valence-electron chi connectivity index (χ2n) is 8.63. The number of aliphatic hydroxyl groups excluding tert-OH is 1. The molecule has 1 aliphatic rings. The molecule has 0 saturated carbocycles. The molecule has 2 aromatic carbocycles. The number of hydrogen-bond acceptors (Lipinski definition) is 6. The van der Waals surface area contributed by atoms with E-state index in [9.17, 15) is 14.7 Å². The van der Waals surface area contributed by atoms with E-state index < -0.39 is 17.7 Å². The van der Waals surface area contributed by atoms with Crippen LogP contribution in [0.25, 0.3) is 10.6 Å². The molecule has 176 valence electrons. The molecule has 4 rings (SSSR count). The maximum atomic E-state index is 13.8. The Kier molecular flexibility index (Phi) is 6.84. The third-order valence-corrected chi connectivity index (χ3v) is 7.25. The highest BCUT2D eigenvalue weighted by Crippen LogP contribution is 2.41. The van der Waals surface area contributed by atoms with Gasteiger partial charge in [-0.25, -0.2) is 4.98 Å². The predicted octanol–water partition coefficient (Wildman–Crippen LogP) is 5.56. The lowest BCUT2D eigenvalue weighted by molar-refractivity contribution is -0.129. The van der Waals surface area contributed by atoms with Gasteiger partial charge in [-0.2, -0.15) is 0 Å². The lowest BCUT2D eigenvalue weighted by Crippen LogP contribution is -2.32. The van der Waals surface area contributed by atoms with Crippen LogP contribution in [-0.4, -0.2) is 47.3 Å². The fourth-order valence-electron chi connectivity index (χ4n) is 4.18.